The predicted octanol–water partition coefficient (Wildman–Crippen LogP) is 3.43. The van der Waals surface area contributed by atoms with Crippen LogP contribution < -0.4 is 5.63 Å². The SMILES string of the molecule is O=C=Nc1c(-c2ccccc2)c2ccccc2oc1=O. The van der Waals surface area contributed by atoms with Gasteiger partial charge in [-0.15, -0.1) is 0 Å². The van der Waals surface area contributed by atoms with Crippen molar-refractivity contribution in [2.45, 2.75) is 0 Å². The van der Waals surface area contributed by atoms with E-state index in [1.54, 1.807) is 12.1 Å². The smallest absolute Gasteiger partial charge is 0.363 e. The van der Waals surface area contributed by atoms with Crippen molar-refractivity contribution >= 4 is 22.7 Å². The first-order chi connectivity index (χ1) is 9.81. The van der Waals surface area contributed by atoms with Gasteiger partial charge in [-0.3, -0.25) is 0 Å². The lowest BCUT2D eigenvalue weighted by Gasteiger charge is -2.07. The monoisotopic (exact) mass is 263 g/mol. The van der Waals surface area contributed by atoms with Crippen molar-refractivity contribution in [2.24, 2.45) is 4.99 Å². The highest BCUT2D eigenvalue weighted by molar-refractivity contribution is 5.99. The summed E-state index contributed by atoms with van der Waals surface area (Å²) in [6.45, 7) is 0. The van der Waals surface area contributed by atoms with Crippen molar-refractivity contribution in [1.82, 2.24) is 0 Å². The Labute approximate surface area is 114 Å². The topological polar surface area (TPSA) is 59.6 Å². The summed E-state index contributed by atoms with van der Waals surface area (Å²) in [5, 5.41) is 0.729. The Morgan fingerprint density at radius 1 is 0.950 bits per heavy atom. The summed E-state index contributed by atoms with van der Waals surface area (Å²) in [5.74, 6) is 0. The van der Waals surface area contributed by atoms with Gasteiger partial charge in [0.2, 0.25) is 6.08 Å². The van der Waals surface area contributed by atoms with Crippen LogP contribution in [0.5, 0.6) is 0 Å². The Bertz CT molecular complexity index is 875. The van der Waals surface area contributed by atoms with Gasteiger partial charge in [0.15, 0.2) is 5.69 Å². The van der Waals surface area contributed by atoms with E-state index >= 15 is 0 Å². The zero-order valence-electron chi connectivity index (χ0n) is 10.4. The lowest BCUT2D eigenvalue weighted by Crippen LogP contribution is -2.01. The first-order valence-electron chi connectivity index (χ1n) is 6.00. The highest BCUT2D eigenvalue weighted by atomic mass is 16.4. The van der Waals surface area contributed by atoms with Gasteiger partial charge in [0, 0.05) is 10.9 Å². The van der Waals surface area contributed by atoms with Gasteiger partial charge in [0.1, 0.15) is 5.58 Å². The average molecular weight is 263 g/mol. The number of nitrogens with zero attached hydrogens (tertiary/aromatic N) is 1. The molecule has 4 heteroatoms. The third-order valence-electron chi connectivity index (χ3n) is 3.01. The molecule has 1 aromatic heterocycles. The zero-order chi connectivity index (χ0) is 13.9. The molecule has 0 aliphatic carbocycles. The van der Waals surface area contributed by atoms with Crippen molar-refractivity contribution < 1.29 is 9.21 Å². The maximum Gasteiger partial charge on any atom is 0.363 e. The summed E-state index contributed by atoms with van der Waals surface area (Å²) in [4.78, 5) is 26.1. The molecular weight excluding hydrogens is 254 g/mol. The molecule has 0 saturated carbocycles. The summed E-state index contributed by atoms with van der Waals surface area (Å²) in [6, 6.07) is 16.4. The zero-order valence-corrected chi connectivity index (χ0v) is 10.4. The van der Waals surface area contributed by atoms with E-state index in [9.17, 15) is 9.59 Å². The fourth-order valence-corrected chi connectivity index (χ4v) is 2.18. The Morgan fingerprint density at radius 3 is 2.40 bits per heavy atom. The molecule has 1 heterocycles. The summed E-state index contributed by atoms with van der Waals surface area (Å²) in [5.41, 5.74) is 1.17. The molecule has 20 heavy (non-hydrogen) atoms. The molecule has 0 radical (unpaired) electrons. The molecule has 0 aliphatic rings. The normalized spacial score (nSPS) is 10.2. The van der Waals surface area contributed by atoms with Gasteiger partial charge >= 0.3 is 5.63 Å². The minimum atomic E-state index is -0.647. The minimum absolute atomic E-state index is 0.0232. The van der Waals surface area contributed by atoms with Crippen LogP contribution in [-0.4, -0.2) is 6.08 Å². The fraction of sp³-hybridized carbons (Fsp3) is 0. The van der Waals surface area contributed by atoms with E-state index in [4.69, 9.17) is 4.42 Å². The van der Waals surface area contributed by atoms with Gasteiger partial charge in [0.05, 0.1) is 0 Å². The van der Waals surface area contributed by atoms with E-state index in [1.165, 1.54) is 6.08 Å². The molecule has 0 spiro atoms. The minimum Gasteiger partial charge on any atom is -0.421 e. The third-order valence-corrected chi connectivity index (χ3v) is 3.01. The van der Waals surface area contributed by atoms with E-state index in [-0.39, 0.29) is 5.69 Å². The van der Waals surface area contributed by atoms with E-state index in [2.05, 4.69) is 4.99 Å². The van der Waals surface area contributed by atoms with Gasteiger partial charge < -0.3 is 4.42 Å². The molecule has 0 saturated heterocycles. The highest BCUT2D eigenvalue weighted by Crippen LogP contribution is 2.34. The lowest BCUT2D eigenvalue weighted by molar-refractivity contribution is 0.557. The fourth-order valence-electron chi connectivity index (χ4n) is 2.18. The largest absolute Gasteiger partial charge is 0.421 e. The van der Waals surface area contributed by atoms with Crippen molar-refractivity contribution in [3.63, 3.8) is 0 Å². The first kappa shape index (κ1) is 12.1. The summed E-state index contributed by atoms with van der Waals surface area (Å²) >= 11 is 0. The van der Waals surface area contributed by atoms with Crippen LogP contribution in [0.4, 0.5) is 5.69 Å². The van der Waals surface area contributed by atoms with Crippen LogP contribution in [0.15, 0.2) is 68.8 Å². The number of rotatable bonds is 2. The molecule has 0 atom stereocenters. The third kappa shape index (κ3) is 1.94. The predicted molar refractivity (Wildman–Crippen MR) is 75.7 cm³/mol. The number of fused-ring (bicyclic) bond motifs is 1. The maximum absolute atomic E-state index is 12.0. The Balaban J connectivity index is 2.51. The molecule has 3 aromatic rings. The van der Waals surface area contributed by atoms with Gasteiger partial charge in [-0.25, -0.2) is 9.59 Å². The number of carbonyl (C=O) groups excluding carboxylic acids is 1. The molecule has 4 nitrogen and oxygen atoms in total. The van der Waals surface area contributed by atoms with Crippen molar-refractivity contribution in [3.05, 3.63) is 65.0 Å². The number of isocyanates is 1. The molecular formula is C16H9NO3. The van der Waals surface area contributed by atoms with Crippen LogP contribution in [0.2, 0.25) is 0 Å². The molecule has 2 aromatic carbocycles. The number of hydrogen-bond donors (Lipinski definition) is 0. The Kier molecular flexibility index (Phi) is 2.99. The summed E-state index contributed by atoms with van der Waals surface area (Å²) in [6.07, 6.45) is 1.41. The molecule has 0 N–H and O–H groups in total. The molecule has 0 fully saturated rings. The molecule has 96 valence electrons. The Morgan fingerprint density at radius 2 is 1.65 bits per heavy atom. The second-order valence-electron chi connectivity index (χ2n) is 4.18. The second-order valence-corrected chi connectivity index (χ2v) is 4.18. The Hall–Kier alpha value is -2.97. The van der Waals surface area contributed by atoms with Crippen LogP contribution >= 0.6 is 0 Å². The summed E-state index contributed by atoms with van der Waals surface area (Å²) < 4.78 is 5.18. The molecule has 0 unspecified atom stereocenters. The number of benzene rings is 2. The van der Waals surface area contributed by atoms with E-state index in [0.29, 0.717) is 11.1 Å². The number of para-hydroxylation sites is 1. The molecule has 3 rings (SSSR count). The van der Waals surface area contributed by atoms with Crippen molar-refractivity contribution in [3.8, 4) is 11.1 Å². The average Bonchev–Trinajstić information content (AvgIpc) is 2.49. The number of hydrogen-bond acceptors (Lipinski definition) is 4. The quantitative estimate of drug-likeness (QED) is 0.404. The number of aliphatic imine (C=N–C) groups is 1. The maximum atomic E-state index is 12.0. The van der Waals surface area contributed by atoms with Gasteiger partial charge in [0.25, 0.3) is 0 Å². The lowest BCUT2D eigenvalue weighted by atomic mass is 10.0. The first-order valence-corrected chi connectivity index (χ1v) is 6.00. The molecule has 0 amide bonds. The summed E-state index contributed by atoms with van der Waals surface area (Å²) in [7, 11) is 0. The molecule has 0 aliphatic heterocycles. The highest BCUT2D eigenvalue weighted by Gasteiger charge is 2.15. The van der Waals surface area contributed by atoms with Crippen molar-refractivity contribution in [1.29, 1.82) is 0 Å². The van der Waals surface area contributed by atoms with Crippen LogP contribution in [0.25, 0.3) is 22.1 Å². The van der Waals surface area contributed by atoms with E-state index < -0.39 is 5.63 Å². The standard InChI is InChI=1S/C16H9NO3/c18-10-17-15-14(11-6-2-1-3-7-11)12-8-4-5-9-13(12)20-16(15)19/h1-9H. The van der Waals surface area contributed by atoms with E-state index in [1.807, 2.05) is 42.5 Å². The van der Waals surface area contributed by atoms with Crippen LogP contribution in [0.1, 0.15) is 0 Å². The van der Waals surface area contributed by atoms with Gasteiger partial charge in [-0.1, -0.05) is 48.5 Å². The van der Waals surface area contributed by atoms with Gasteiger partial charge in [-0.2, -0.15) is 4.99 Å². The van der Waals surface area contributed by atoms with Crippen LogP contribution in [0.3, 0.4) is 0 Å². The van der Waals surface area contributed by atoms with Crippen LogP contribution in [-0.2, 0) is 4.79 Å². The second kappa shape index (κ2) is 4.96. The van der Waals surface area contributed by atoms with Gasteiger partial charge in [-0.05, 0) is 11.6 Å². The van der Waals surface area contributed by atoms with Crippen LogP contribution in [0, 0.1) is 0 Å². The van der Waals surface area contributed by atoms with E-state index in [0.717, 1.165) is 10.9 Å². The molecule has 0 bridgehead atoms. The van der Waals surface area contributed by atoms with Crippen molar-refractivity contribution in [2.75, 3.05) is 0 Å².